The van der Waals surface area contributed by atoms with E-state index in [0.29, 0.717) is 16.8 Å². The second kappa shape index (κ2) is 7.10. The van der Waals surface area contributed by atoms with Gasteiger partial charge in [0, 0.05) is 21.8 Å². The largest absolute Gasteiger partial charge is 0.505 e. The lowest BCUT2D eigenvalue weighted by molar-refractivity contribution is 0.280. The number of aryl methyl sites for hydroxylation is 1. The van der Waals surface area contributed by atoms with Crippen molar-refractivity contribution in [3.8, 4) is 5.75 Å². The molecule has 1 aromatic carbocycles. The standard InChI is InChI=1S/C15H14BrN3O2/c1-10-15(21)14(12(9-20)7-17-10)8-19-18-6-11-2-4-13(16)5-3-11/h2-8,20-21H,9H2,1H3/b18-6?,19-8+. The van der Waals surface area contributed by atoms with Crippen molar-refractivity contribution in [3.05, 3.63) is 57.3 Å². The normalized spacial score (nSPS) is 11.6. The van der Waals surface area contributed by atoms with Crippen LogP contribution >= 0.6 is 15.9 Å². The Morgan fingerprint density at radius 3 is 2.52 bits per heavy atom. The summed E-state index contributed by atoms with van der Waals surface area (Å²) >= 11 is 3.36. The Bertz CT molecular complexity index is 682. The van der Waals surface area contributed by atoms with E-state index >= 15 is 0 Å². The average Bonchev–Trinajstić information content (AvgIpc) is 2.49. The SMILES string of the molecule is Cc1ncc(CO)c(/C=N/N=Cc2ccc(Br)cc2)c1O. The average molecular weight is 348 g/mol. The first kappa shape index (κ1) is 15.3. The molecule has 0 aliphatic carbocycles. The van der Waals surface area contributed by atoms with Crippen LogP contribution in [0.4, 0.5) is 0 Å². The predicted molar refractivity (Wildman–Crippen MR) is 85.9 cm³/mol. The molecule has 1 heterocycles. The Morgan fingerprint density at radius 1 is 1.19 bits per heavy atom. The maximum Gasteiger partial charge on any atom is 0.145 e. The summed E-state index contributed by atoms with van der Waals surface area (Å²) < 4.78 is 0.993. The maximum absolute atomic E-state index is 9.93. The highest BCUT2D eigenvalue weighted by molar-refractivity contribution is 9.10. The third-order valence-electron chi connectivity index (χ3n) is 2.86. The smallest absolute Gasteiger partial charge is 0.145 e. The number of aliphatic hydroxyl groups excluding tert-OH is 1. The number of hydrogen-bond acceptors (Lipinski definition) is 5. The van der Waals surface area contributed by atoms with Crippen molar-refractivity contribution in [2.45, 2.75) is 13.5 Å². The van der Waals surface area contributed by atoms with E-state index in [4.69, 9.17) is 0 Å². The molecule has 0 saturated heterocycles. The van der Waals surface area contributed by atoms with Crippen LogP contribution in [0, 0.1) is 6.92 Å². The molecule has 0 bridgehead atoms. The first-order chi connectivity index (χ1) is 10.1. The minimum atomic E-state index is -0.224. The number of rotatable bonds is 4. The number of aromatic hydroxyl groups is 1. The van der Waals surface area contributed by atoms with Crippen molar-refractivity contribution in [2.75, 3.05) is 0 Å². The van der Waals surface area contributed by atoms with Gasteiger partial charge in [0.15, 0.2) is 0 Å². The fraction of sp³-hybridized carbons (Fsp3) is 0.133. The molecular formula is C15H14BrN3O2. The van der Waals surface area contributed by atoms with E-state index in [2.05, 4.69) is 31.1 Å². The molecule has 0 unspecified atom stereocenters. The number of aliphatic hydroxyl groups is 1. The van der Waals surface area contributed by atoms with E-state index in [1.54, 1.807) is 13.1 Å². The maximum atomic E-state index is 9.93. The van der Waals surface area contributed by atoms with E-state index in [1.807, 2.05) is 24.3 Å². The van der Waals surface area contributed by atoms with Gasteiger partial charge in [-0.25, -0.2) is 0 Å². The summed E-state index contributed by atoms with van der Waals surface area (Å²) in [5.74, 6) is 0.00383. The summed E-state index contributed by atoms with van der Waals surface area (Å²) in [7, 11) is 0. The number of halogens is 1. The van der Waals surface area contributed by atoms with Crippen molar-refractivity contribution >= 4 is 28.4 Å². The molecule has 0 spiro atoms. The first-order valence-corrected chi connectivity index (χ1v) is 7.01. The summed E-state index contributed by atoms with van der Waals surface area (Å²) in [5, 5.41) is 27.0. The van der Waals surface area contributed by atoms with E-state index in [1.165, 1.54) is 12.4 Å². The number of benzene rings is 1. The second-order valence-corrected chi connectivity index (χ2v) is 5.25. The van der Waals surface area contributed by atoms with Crippen molar-refractivity contribution in [3.63, 3.8) is 0 Å². The molecule has 6 heteroatoms. The third-order valence-corrected chi connectivity index (χ3v) is 3.39. The van der Waals surface area contributed by atoms with E-state index in [0.717, 1.165) is 10.0 Å². The summed E-state index contributed by atoms with van der Waals surface area (Å²) in [6, 6.07) is 7.62. The summed E-state index contributed by atoms with van der Waals surface area (Å²) in [4.78, 5) is 3.98. The van der Waals surface area contributed by atoms with Crippen molar-refractivity contribution in [2.24, 2.45) is 10.2 Å². The van der Waals surface area contributed by atoms with Crippen molar-refractivity contribution in [1.29, 1.82) is 0 Å². The van der Waals surface area contributed by atoms with Crippen LogP contribution in [0.1, 0.15) is 22.4 Å². The Balaban J connectivity index is 2.18. The van der Waals surface area contributed by atoms with Crippen LogP contribution in [0.25, 0.3) is 0 Å². The number of aromatic nitrogens is 1. The Morgan fingerprint density at radius 2 is 1.86 bits per heavy atom. The van der Waals surface area contributed by atoms with Gasteiger partial charge in [-0.05, 0) is 24.6 Å². The van der Waals surface area contributed by atoms with Crippen LogP contribution in [-0.4, -0.2) is 27.6 Å². The van der Waals surface area contributed by atoms with Crippen molar-refractivity contribution < 1.29 is 10.2 Å². The molecule has 5 nitrogen and oxygen atoms in total. The molecule has 2 N–H and O–H groups in total. The molecule has 0 amide bonds. The minimum absolute atomic E-state index is 0.00383. The molecule has 0 saturated carbocycles. The molecule has 108 valence electrons. The summed E-state index contributed by atoms with van der Waals surface area (Å²) in [5.41, 5.74) is 2.32. The van der Waals surface area contributed by atoms with Gasteiger partial charge in [-0.2, -0.15) is 10.2 Å². The Labute approximate surface area is 130 Å². The number of hydrogen-bond donors (Lipinski definition) is 2. The van der Waals surface area contributed by atoms with Gasteiger partial charge in [0.25, 0.3) is 0 Å². The van der Waals surface area contributed by atoms with Gasteiger partial charge in [-0.15, -0.1) is 0 Å². The zero-order chi connectivity index (χ0) is 15.2. The van der Waals surface area contributed by atoms with Gasteiger partial charge >= 0.3 is 0 Å². The minimum Gasteiger partial charge on any atom is -0.505 e. The first-order valence-electron chi connectivity index (χ1n) is 6.22. The van der Waals surface area contributed by atoms with Gasteiger partial charge < -0.3 is 10.2 Å². The van der Waals surface area contributed by atoms with Gasteiger partial charge in [-0.1, -0.05) is 28.1 Å². The molecule has 2 rings (SSSR count). The van der Waals surface area contributed by atoms with Gasteiger partial charge in [-0.3, -0.25) is 4.98 Å². The highest BCUT2D eigenvalue weighted by Crippen LogP contribution is 2.21. The van der Waals surface area contributed by atoms with Crippen LogP contribution in [-0.2, 0) is 6.61 Å². The summed E-state index contributed by atoms with van der Waals surface area (Å²) in [6.45, 7) is 1.46. The molecule has 1 aromatic heterocycles. The molecule has 0 fully saturated rings. The van der Waals surface area contributed by atoms with E-state index in [-0.39, 0.29) is 12.4 Å². The zero-order valence-corrected chi connectivity index (χ0v) is 12.9. The van der Waals surface area contributed by atoms with E-state index < -0.39 is 0 Å². The molecular weight excluding hydrogens is 334 g/mol. The van der Waals surface area contributed by atoms with Crippen molar-refractivity contribution in [1.82, 2.24) is 4.98 Å². The third kappa shape index (κ3) is 3.96. The van der Waals surface area contributed by atoms with Crippen LogP contribution in [0.2, 0.25) is 0 Å². The van der Waals surface area contributed by atoms with Crippen LogP contribution < -0.4 is 0 Å². The topological polar surface area (TPSA) is 78.1 Å². The van der Waals surface area contributed by atoms with E-state index in [9.17, 15) is 10.2 Å². The highest BCUT2D eigenvalue weighted by Gasteiger charge is 2.08. The van der Waals surface area contributed by atoms with Crippen LogP contribution in [0.5, 0.6) is 5.75 Å². The summed E-state index contributed by atoms with van der Waals surface area (Å²) in [6.07, 6.45) is 4.52. The lowest BCUT2D eigenvalue weighted by Crippen LogP contribution is -1.97. The van der Waals surface area contributed by atoms with Gasteiger partial charge in [0.2, 0.25) is 0 Å². The molecule has 0 aliphatic rings. The molecule has 21 heavy (non-hydrogen) atoms. The fourth-order valence-electron chi connectivity index (χ4n) is 1.66. The lowest BCUT2D eigenvalue weighted by atomic mass is 10.1. The van der Waals surface area contributed by atoms with Gasteiger partial charge in [0.05, 0.1) is 24.7 Å². The molecule has 0 atom stereocenters. The zero-order valence-electron chi connectivity index (χ0n) is 11.4. The lowest BCUT2D eigenvalue weighted by Gasteiger charge is -2.06. The quantitative estimate of drug-likeness (QED) is 0.659. The monoisotopic (exact) mass is 347 g/mol. The predicted octanol–water partition coefficient (Wildman–Crippen LogP) is 2.80. The molecule has 0 radical (unpaired) electrons. The number of nitrogens with zero attached hydrogens (tertiary/aromatic N) is 3. The Kier molecular flexibility index (Phi) is 5.19. The second-order valence-electron chi connectivity index (χ2n) is 4.33. The Hall–Kier alpha value is -2.05. The highest BCUT2D eigenvalue weighted by atomic mass is 79.9. The van der Waals surface area contributed by atoms with Crippen LogP contribution in [0.3, 0.4) is 0 Å². The van der Waals surface area contributed by atoms with Gasteiger partial charge in [0.1, 0.15) is 5.75 Å². The fourth-order valence-corrected chi connectivity index (χ4v) is 1.93. The molecule has 2 aromatic rings. The van der Waals surface area contributed by atoms with Crippen LogP contribution in [0.15, 0.2) is 45.1 Å². The molecule has 0 aliphatic heterocycles. The number of pyridine rings is 1.